The van der Waals surface area contributed by atoms with Gasteiger partial charge in [0.05, 0.1) is 5.41 Å². The molecule has 0 radical (unpaired) electrons. The predicted molar refractivity (Wildman–Crippen MR) is 90.9 cm³/mol. The molecule has 6 fully saturated rings. The number of piperidine rings is 1. The lowest BCUT2D eigenvalue weighted by Crippen LogP contribution is -2.61. The third-order valence-electron chi connectivity index (χ3n) is 8.07. The highest BCUT2D eigenvalue weighted by Gasteiger charge is 2.63. The second kappa shape index (κ2) is 4.53. The molecule has 6 rings (SSSR count). The third kappa shape index (κ3) is 2.14. The topological polar surface area (TPSA) is 32.3 Å². The maximum absolute atomic E-state index is 13.6. The molecule has 0 spiro atoms. The molecule has 128 valence electrons. The summed E-state index contributed by atoms with van der Waals surface area (Å²) in [5.41, 5.74) is 0.885. The van der Waals surface area contributed by atoms with Gasteiger partial charge >= 0.3 is 0 Å². The average molecular weight is 316 g/mol. The Morgan fingerprint density at radius 2 is 1.70 bits per heavy atom. The largest absolute Gasteiger partial charge is 0.342 e. The van der Waals surface area contributed by atoms with Crippen molar-refractivity contribution < 1.29 is 4.79 Å². The highest BCUT2D eigenvalue weighted by molar-refractivity contribution is 5.83. The molecule has 4 atom stereocenters. The molecule has 2 heterocycles. The van der Waals surface area contributed by atoms with Gasteiger partial charge in [0.15, 0.2) is 0 Å². The Morgan fingerprint density at radius 1 is 1.00 bits per heavy atom. The van der Waals surface area contributed by atoms with Gasteiger partial charge in [-0.15, -0.1) is 0 Å². The predicted octanol–water partition coefficient (Wildman–Crippen LogP) is 3.05. The molecule has 3 heteroatoms. The lowest BCUT2D eigenvalue weighted by Gasteiger charge is -2.65. The second-order valence-corrected chi connectivity index (χ2v) is 10.6. The zero-order chi connectivity index (χ0) is 15.9. The minimum absolute atomic E-state index is 0.00177. The van der Waals surface area contributed by atoms with Gasteiger partial charge in [-0.1, -0.05) is 13.8 Å². The van der Waals surface area contributed by atoms with Gasteiger partial charge in [0.2, 0.25) is 5.91 Å². The number of nitrogens with zero attached hydrogens (tertiary/aromatic N) is 1. The van der Waals surface area contributed by atoms with Crippen molar-refractivity contribution >= 4 is 5.91 Å². The average Bonchev–Trinajstić information content (AvgIpc) is 2.89. The summed E-state index contributed by atoms with van der Waals surface area (Å²) < 4.78 is 0. The van der Waals surface area contributed by atoms with Crippen LogP contribution in [0.4, 0.5) is 0 Å². The summed E-state index contributed by atoms with van der Waals surface area (Å²) in [6.45, 7) is 9.29. The van der Waals surface area contributed by atoms with Crippen LogP contribution in [0.1, 0.15) is 58.8 Å². The summed E-state index contributed by atoms with van der Waals surface area (Å²) in [6, 6.07) is 0. The third-order valence-corrected chi connectivity index (χ3v) is 8.07. The van der Waals surface area contributed by atoms with E-state index >= 15 is 0 Å². The fourth-order valence-corrected chi connectivity index (χ4v) is 8.24. The smallest absolute Gasteiger partial charge is 0.228 e. The fraction of sp³-hybridized carbons (Fsp3) is 0.950. The first-order valence-electron chi connectivity index (χ1n) is 9.89. The van der Waals surface area contributed by atoms with E-state index in [9.17, 15) is 4.79 Å². The lowest BCUT2D eigenvalue weighted by atomic mass is 9.40. The number of hydrogen-bond donors (Lipinski definition) is 1. The molecule has 6 aliphatic rings. The molecular formula is C20H32N2O. The van der Waals surface area contributed by atoms with Crippen molar-refractivity contribution in [1.82, 2.24) is 10.2 Å². The molecule has 4 saturated carbocycles. The van der Waals surface area contributed by atoms with Crippen molar-refractivity contribution in [3.8, 4) is 0 Å². The maximum Gasteiger partial charge on any atom is 0.228 e. The minimum Gasteiger partial charge on any atom is -0.342 e. The fourth-order valence-electron chi connectivity index (χ4n) is 8.24. The van der Waals surface area contributed by atoms with Crippen molar-refractivity contribution in [1.29, 1.82) is 0 Å². The Balaban J connectivity index is 1.41. The summed E-state index contributed by atoms with van der Waals surface area (Å²) in [5.74, 6) is 2.90. The number of amides is 1. The zero-order valence-corrected chi connectivity index (χ0v) is 14.9. The van der Waals surface area contributed by atoms with Gasteiger partial charge in [0.1, 0.15) is 0 Å². The summed E-state index contributed by atoms with van der Waals surface area (Å²) >= 11 is 0. The second-order valence-electron chi connectivity index (χ2n) is 10.6. The number of hydrogen-bond acceptors (Lipinski definition) is 2. The Morgan fingerprint density at radius 3 is 2.39 bits per heavy atom. The van der Waals surface area contributed by atoms with E-state index in [0.29, 0.717) is 22.7 Å². The van der Waals surface area contributed by atoms with Crippen LogP contribution in [0, 0.1) is 34.0 Å². The first-order valence-corrected chi connectivity index (χ1v) is 9.89. The number of fused-ring (bicyclic) bond motifs is 1. The Bertz CT molecular complexity index is 526. The van der Waals surface area contributed by atoms with Crippen LogP contribution < -0.4 is 5.32 Å². The van der Waals surface area contributed by atoms with Gasteiger partial charge in [-0.25, -0.2) is 0 Å². The van der Waals surface area contributed by atoms with Gasteiger partial charge in [-0.3, -0.25) is 4.79 Å². The molecule has 0 aromatic heterocycles. The van der Waals surface area contributed by atoms with Crippen molar-refractivity contribution in [3.05, 3.63) is 0 Å². The van der Waals surface area contributed by atoms with Crippen LogP contribution in [0.5, 0.6) is 0 Å². The quantitative estimate of drug-likeness (QED) is 0.806. The SMILES string of the molecule is CC12CC3CC(C)(C1)CC(C(=O)N1CCC4CNCC4C1)(C3)C2. The van der Waals surface area contributed by atoms with E-state index in [0.717, 1.165) is 31.5 Å². The van der Waals surface area contributed by atoms with E-state index in [4.69, 9.17) is 0 Å². The zero-order valence-electron chi connectivity index (χ0n) is 14.9. The number of likely N-dealkylation sites (tertiary alicyclic amines) is 1. The van der Waals surface area contributed by atoms with Crippen molar-refractivity contribution in [2.75, 3.05) is 26.2 Å². The van der Waals surface area contributed by atoms with E-state index in [1.54, 1.807) is 0 Å². The number of carbonyl (C=O) groups is 1. The summed E-state index contributed by atoms with van der Waals surface area (Å²) in [4.78, 5) is 15.9. The van der Waals surface area contributed by atoms with Crippen LogP contribution in [0.2, 0.25) is 0 Å². The van der Waals surface area contributed by atoms with Gasteiger partial charge in [0.25, 0.3) is 0 Å². The van der Waals surface area contributed by atoms with E-state index in [1.165, 1.54) is 51.5 Å². The molecular weight excluding hydrogens is 284 g/mol. The Labute approximate surface area is 140 Å². The molecule has 1 N–H and O–H groups in total. The van der Waals surface area contributed by atoms with E-state index < -0.39 is 0 Å². The molecule has 4 aliphatic carbocycles. The van der Waals surface area contributed by atoms with Gasteiger partial charge in [0, 0.05) is 13.1 Å². The number of carbonyl (C=O) groups excluding carboxylic acids is 1. The van der Waals surface area contributed by atoms with Crippen molar-refractivity contribution in [2.24, 2.45) is 34.0 Å². The highest BCUT2D eigenvalue weighted by Crippen LogP contribution is 2.69. The Hall–Kier alpha value is -0.570. The van der Waals surface area contributed by atoms with Crippen LogP contribution in [0.3, 0.4) is 0 Å². The van der Waals surface area contributed by atoms with Crippen LogP contribution in [-0.2, 0) is 4.79 Å². The summed E-state index contributed by atoms with van der Waals surface area (Å²) in [6.07, 6.45) is 8.89. The van der Waals surface area contributed by atoms with Crippen LogP contribution in [-0.4, -0.2) is 37.0 Å². The lowest BCUT2D eigenvalue weighted by molar-refractivity contribution is -0.181. The number of rotatable bonds is 1. The van der Waals surface area contributed by atoms with Crippen LogP contribution >= 0.6 is 0 Å². The Kier molecular flexibility index (Phi) is 2.91. The minimum atomic E-state index is 0.00177. The van der Waals surface area contributed by atoms with Crippen LogP contribution in [0.25, 0.3) is 0 Å². The normalized spacial score (nSPS) is 54.3. The standard InChI is InChI=1S/C20H32N2O/c1-18-5-14-6-19(2,11-18)13-20(7-14,12-18)17(23)22-4-3-15-8-21-9-16(15)10-22/h14-16,21H,3-13H2,1-2H3. The van der Waals surface area contributed by atoms with Crippen molar-refractivity contribution in [2.45, 2.75) is 58.8 Å². The molecule has 0 aromatic rings. The molecule has 2 aliphatic heterocycles. The van der Waals surface area contributed by atoms with Gasteiger partial charge in [-0.2, -0.15) is 0 Å². The van der Waals surface area contributed by atoms with E-state index in [1.807, 2.05) is 0 Å². The van der Waals surface area contributed by atoms with E-state index in [2.05, 4.69) is 24.1 Å². The molecule has 3 nitrogen and oxygen atoms in total. The monoisotopic (exact) mass is 316 g/mol. The van der Waals surface area contributed by atoms with Crippen molar-refractivity contribution in [3.63, 3.8) is 0 Å². The van der Waals surface area contributed by atoms with Gasteiger partial charge < -0.3 is 10.2 Å². The maximum atomic E-state index is 13.6. The molecule has 1 amide bonds. The first-order chi connectivity index (χ1) is 10.9. The van der Waals surface area contributed by atoms with E-state index in [-0.39, 0.29) is 5.41 Å². The molecule has 23 heavy (non-hydrogen) atoms. The summed E-state index contributed by atoms with van der Waals surface area (Å²) in [7, 11) is 0. The van der Waals surface area contributed by atoms with Gasteiger partial charge in [-0.05, 0) is 86.6 Å². The number of nitrogens with one attached hydrogen (secondary N) is 1. The molecule has 2 saturated heterocycles. The first kappa shape index (κ1) is 14.7. The highest BCUT2D eigenvalue weighted by atomic mass is 16.2. The molecule has 4 unspecified atom stereocenters. The van der Waals surface area contributed by atoms with Crippen LogP contribution in [0.15, 0.2) is 0 Å². The molecule has 0 aromatic carbocycles. The molecule has 4 bridgehead atoms. The summed E-state index contributed by atoms with van der Waals surface area (Å²) in [5, 5.41) is 3.53.